The highest BCUT2D eigenvalue weighted by Gasteiger charge is 2.22. The fraction of sp³-hybridized carbons (Fsp3) is 0.462. The summed E-state index contributed by atoms with van der Waals surface area (Å²) >= 11 is 0. The summed E-state index contributed by atoms with van der Waals surface area (Å²) in [7, 11) is 1.61. The van der Waals surface area contributed by atoms with E-state index in [9.17, 15) is 4.79 Å². The van der Waals surface area contributed by atoms with Crippen LogP contribution in [0.4, 0.5) is 0 Å². The van der Waals surface area contributed by atoms with Crippen molar-refractivity contribution in [3.8, 4) is 5.75 Å². The van der Waals surface area contributed by atoms with Crippen molar-refractivity contribution >= 4 is 18.3 Å². The van der Waals surface area contributed by atoms with E-state index in [4.69, 9.17) is 10.5 Å². The Morgan fingerprint density at radius 3 is 2.61 bits per heavy atom. The minimum Gasteiger partial charge on any atom is -0.497 e. The van der Waals surface area contributed by atoms with Gasteiger partial charge in [0.2, 0.25) is 0 Å². The molecule has 5 heteroatoms. The molecular formula is C13H19ClN2O2. The van der Waals surface area contributed by atoms with Crippen LogP contribution in [0.25, 0.3) is 0 Å². The first-order valence-corrected chi connectivity index (χ1v) is 5.89. The second kappa shape index (κ2) is 6.61. The summed E-state index contributed by atoms with van der Waals surface area (Å²) in [6.07, 6.45) is 2.00. The molecule has 0 bridgehead atoms. The standard InChI is InChI=1S/C13H18N2O2.ClH/c1-17-12-6-4-10(5-7-12)13(16)15-8-2-3-11(14)9-15;/h4-7,11H,2-3,8-9,14H2,1H3;1H. The van der Waals surface area contributed by atoms with Crippen LogP contribution in [0.5, 0.6) is 5.75 Å². The zero-order valence-electron chi connectivity index (χ0n) is 10.5. The number of amides is 1. The van der Waals surface area contributed by atoms with Crippen molar-refractivity contribution in [2.75, 3.05) is 20.2 Å². The van der Waals surface area contributed by atoms with Crippen molar-refractivity contribution in [2.45, 2.75) is 18.9 Å². The molecule has 2 N–H and O–H groups in total. The molecule has 2 rings (SSSR count). The van der Waals surface area contributed by atoms with Gasteiger partial charge in [-0.2, -0.15) is 0 Å². The topological polar surface area (TPSA) is 55.6 Å². The Balaban J connectivity index is 0.00000162. The number of likely N-dealkylation sites (tertiary alicyclic amines) is 1. The van der Waals surface area contributed by atoms with Crippen LogP contribution in [-0.2, 0) is 0 Å². The van der Waals surface area contributed by atoms with Gasteiger partial charge in [-0.25, -0.2) is 0 Å². The summed E-state index contributed by atoms with van der Waals surface area (Å²) in [6, 6.07) is 7.31. The molecule has 1 unspecified atom stereocenters. The summed E-state index contributed by atoms with van der Waals surface area (Å²) in [5, 5.41) is 0. The smallest absolute Gasteiger partial charge is 0.253 e. The van der Waals surface area contributed by atoms with E-state index in [1.165, 1.54) is 0 Å². The molecular weight excluding hydrogens is 252 g/mol. The van der Waals surface area contributed by atoms with E-state index in [0.717, 1.165) is 25.1 Å². The zero-order chi connectivity index (χ0) is 12.3. The zero-order valence-corrected chi connectivity index (χ0v) is 11.3. The molecule has 1 aliphatic rings. The number of methoxy groups -OCH3 is 1. The van der Waals surface area contributed by atoms with Gasteiger partial charge in [0, 0.05) is 24.7 Å². The Kier molecular flexibility index (Phi) is 5.44. The van der Waals surface area contributed by atoms with Gasteiger partial charge in [-0.05, 0) is 37.1 Å². The van der Waals surface area contributed by atoms with Gasteiger partial charge in [0.15, 0.2) is 0 Å². The van der Waals surface area contributed by atoms with Gasteiger partial charge in [0.05, 0.1) is 7.11 Å². The molecule has 0 aromatic heterocycles. The number of rotatable bonds is 2. The molecule has 1 atom stereocenters. The fourth-order valence-corrected chi connectivity index (χ4v) is 2.11. The van der Waals surface area contributed by atoms with E-state index in [1.54, 1.807) is 31.4 Å². The first-order valence-electron chi connectivity index (χ1n) is 5.89. The van der Waals surface area contributed by atoms with E-state index >= 15 is 0 Å². The first kappa shape index (κ1) is 14.8. The molecule has 0 radical (unpaired) electrons. The summed E-state index contributed by atoms with van der Waals surface area (Å²) < 4.78 is 5.07. The lowest BCUT2D eigenvalue weighted by atomic mass is 10.1. The van der Waals surface area contributed by atoms with E-state index in [1.807, 2.05) is 4.90 Å². The third-order valence-corrected chi connectivity index (χ3v) is 3.08. The molecule has 18 heavy (non-hydrogen) atoms. The Labute approximate surface area is 114 Å². The van der Waals surface area contributed by atoms with Crippen LogP contribution < -0.4 is 10.5 Å². The maximum Gasteiger partial charge on any atom is 0.253 e. The highest BCUT2D eigenvalue weighted by Crippen LogP contribution is 2.15. The number of benzene rings is 1. The van der Waals surface area contributed by atoms with Gasteiger partial charge in [-0.15, -0.1) is 12.4 Å². The lowest BCUT2D eigenvalue weighted by Gasteiger charge is -2.30. The highest BCUT2D eigenvalue weighted by molar-refractivity contribution is 5.94. The van der Waals surface area contributed by atoms with Gasteiger partial charge in [0.1, 0.15) is 5.75 Å². The number of carbonyl (C=O) groups excluding carboxylic acids is 1. The van der Waals surface area contributed by atoms with Crippen molar-refractivity contribution in [1.29, 1.82) is 0 Å². The van der Waals surface area contributed by atoms with Gasteiger partial charge in [-0.3, -0.25) is 4.79 Å². The minimum absolute atomic E-state index is 0. The van der Waals surface area contributed by atoms with Crippen molar-refractivity contribution in [1.82, 2.24) is 4.90 Å². The Bertz CT molecular complexity index is 394. The van der Waals surface area contributed by atoms with E-state index in [0.29, 0.717) is 12.1 Å². The van der Waals surface area contributed by atoms with Crippen molar-refractivity contribution in [2.24, 2.45) is 5.73 Å². The summed E-state index contributed by atoms with van der Waals surface area (Å²) in [5.41, 5.74) is 6.57. The average molecular weight is 271 g/mol. The molecule has 1 fully saturated rings. The molecule has 4 nitrogen and oxygen atoms in total. The summed E-state index contributed by atoms with van der Waals surface area (Å²) in [5.74, 6) is 0.819. The van der Waals surface area contributed by atoms with Crippen LogP contribution in [-0.4, -0.2) is 37.0 Å². The minimum atomic E-state index is 0. The quantitative estimate of drug-likeness (QED) is 0.890. The number of nitrogens with zero attached hydrogens (tertiary/aromatic N) is 1. The molecule has 0 spiro atoms. The number of hydrogen-bond acceptors (Lipinski definition) is 3. The van der Waals surface area contributed by atoms with E-state index in [2.05, 4.69) is 0 Å². The predicted molar refractivity (Wildman–Crippen MR) is 73.4 cm³/mol. The Morgan fingerprint density at radius 2 is 2.06 bits per heavy atom. The molecule has 0 saturated carbocycles. The van der Waals surface area contributed by atoms with Crippen LogP contribution in [0.3, 0.4) is 0 Å². The number of piperidine rings is 1. The normalized spacial score (nSPS) is 19.0. The first-order chi connectivity index (χ1) is 8.20. The molecule has 1 heterocycles. The largest absolute Gasteiger partial charge is 0.497 e. The van der Waals surface area contributed by atoms with Crippen LogP contribution in [0.2, 0.25) is 0 Å². The lowest BCUT2D eigenvalue weighted by Crippen LogP contribution is -2.45. The summed E-state index contributed by atoms with van der Waals surface area (Å²) in [6.45, 7) is 1.46. The predicted octanol–water partition coefficient (Wildman–Crippen LogP) is 1.68. The third kappa shape index (κ3) is 3.37. The SMILES string of the molecule is COc1ccc(C(=O)N2CCCC(N)C2)cc1.Cl. The molecule has 1 saturated heterocycles. The van der Waals surface area contributed by atoms with E-state index in [-0.39, 0.29) is 24.4 Å². The fourth-order valence-electron chi connectivity index (χ4n) is 2.11. The van der Waals surface area contributed by atoms with Crippen LogP contribution in [0.1, 0.15) is 23.2 Å². The third-order valence-electron chi connectivity index (χ3n) is 3.08. The summed E-state index contributed by atoms with van der Waals surface area (Å²) in [4.78, 5) is 14.0. The van der Waals surface area contributed by atoms with Crippen LogP contribution in [0, 0.1) is 0 Å². The number of nitrogens with two attached hydrogens (primary N) is 1. The van der Waals surface area contributed by atoms with Crippen molar-refractivity contribution in [3.05, 3.63) is 29.8 Å². The van der Waals surface area contributed by atoms with Crippen LogP contribution in [0.15, 0.2) is 24.3 Å². The van der Waals surface area contributed by atoms with Gasteiger partial charge < -0.3 is 15.4 Å². The van der Waals surface area contributed by atoms with E-state index < -0.39 is 0 Å². The van der Waals surface area contributed by atoms with Gasteiger partial charge in [-0.1, -0.05) is 0 Å². The number of ether oxygens (including phenoxy) is 1. The Morgan fingerprint density at radius 1 is 1.39 bits per heavy atom. The van der Waals surface area contributed by atoms with Gasteiger partial charge in [0.25, 0.3) is 5.91 Å². The number of carbonyl (C=O) groups is 1. The second-order valence-electron chi connectivity index (χ2n) is 4.38. The van der Waals surface area contributed by atoms with Crippen molar-refractivity contribution in [3.63, 3.8) is 0 Å². The number of halogens is 1. The average Bonchev–Trinajstić information content (AvgIpc) is 2.38. The molecule has 1 aliphatic heterocycles. The van der Waals surface area contributed by atoms with Crippen LogP contribution >= 0.6 is 12.4 Å². The molecule has 1 aromatic rings. The molecule has 1 aromatic carbocycles. The van der Waals surface area contributed by atoms with Gasteiger partial charge >= 0.3 is 0 Å². The maximum absolute atomic E-state index is 12.2. The monoisotopic (exact) mass is 270 g/mol. The molecule has 0 aliphatic carbocycles. The molecule has 1 amide bonds. The highest BCUT2D eigenvalue weighted by atomic mass is 35.5. The molecule has 100 valence electrons. The second-order valence-corrected chi connectivity index (χ2v) is 4.38. The van der Waals surface area contributed by atoms with Crippen molar-refractivity contribution < 1.29 is 9.53 Å². The number of hydrogen-bond donors (Lipinski definition) is 1. The maximum atomic E-state index is 12.2. The lowest BCUT2D eigenvalue weighted by molar-refractivity contribution is 0.0709. The Hall–Kier alpha value is -1.26.